The van der Waals surface area contributed by atoms with Gasteiger partial charge in [0.1, 0.15) is 11.6 Å². The molecule has 7 nitrogen and oxygen atoms in total. The molecule has 2 aliphatic rings. The summed E-state index contributed by atoms with van der Waals surface area (Å²) in [5.41, 5.74) is 3.39. The summed E-state index contributed by atoms with van der Waals surface area (Å²) in [5.74, 6) is 2.00. The number of carbonyl (C=O) groups is 1. The number of aryl methyl sites for hydroxylation is 4. The first-order valence-electron chi connectivity index (χ1n) is 10.0. The van der Waals surface area contributed by atoms with Gasteiger partial charge in [-0.1, -0.05) is 6.92 Å². The molecule has 2 aromatic heterocycles. The molecule has 4 rings (SSSR count). The molecule has 0 bridgehead atoms. The Bertz CT molecular complexity index is 826. The van der Waals surface area contributed by atoms with Gasteiger partial charge in [0.25, 0.3) is 0 Å². The van der Waals surface area contributed by atoms with E-state index in [2.05, 4.69) is 32.9 Å². The van der Waals surface area contributed by atoms with Gasteiger partial charge in [0.05, 0.1) is 17.9 Å². The van der Waals surface area contributed by atoms with Gasteiger partial charge in [-0.2, -0.15) is 5.10 Å². The van der Waals surface area contributed by atoms with E-state index in [9.17, 15) is 4.79 Å². The topological polar surface area (TPSA) is 75.9 Å². The standard InChI is InChI=1S/C20H28N6O/c1-3-15-12-21-14(2)22-20(15)25-9-4-10-26-18(13-25)11-17(24-26)7-8-19(27)23-16-5-6-16/h11-12,16H,3-10,13H2,1-2H3,(H,23,27). The summed E-state index contributed by atoms with van der Waals surface area (Å²) in [6, 6.07) is 2.58. The van der Waals surface area contributed by atoms with Crippen LogP contribution in [0, 0.1) is 6.92 Å². The summed E-state index contributed by atoms with van der Waals surface area (Å²) < 4.78 is 2.10. The molecule has 1 saturated carbocycles. The number of nitrogens with one attached hydrogen (secondary N) is 1. The number of carbonyl (C=O) groups excluding carboxylic acids is 1. The Morgan fingerprint density at radius 1 is 1.33 bits per heavy atom. The van der Waals surface area contributed by atoms with Crippen LogP contribution in [-0.2, 0) is 30.7 Å². The fourth-order valence-electron chi connectivity index (χ4n) is 3.60. The summed E-state index contributed by atoms with van der Waals surface area (Å²) in [6.45, 7) is 6.75. The Hall–Kier alpha value is -2.44. The predicted octanol–water partition coefficient (Wildman–Crippen LogP) is 2.17. The number of amides is 1. The average Bonchev–Trinajstić information content (AvgIpc) is 3.42. The van der Waals surface area contributed by atoms with E-state index in [4.69, 9.17) is 10.1 Å². The van der Waals surface area contributed by atoms with Crippen molar-refractivity contribution in [2.45, 2.75) is 71.5 Å². The average molecular weight is 368 g/mol. The van der Waals surface area contributed by atoms with Crippen molar-refractivity contribution in [2.75, 3.05) is 11.4 Å². The van der Waals surface area contributed by atoms with Crippen LogP contribution in [0.1, 0.15) is 55.4 Å². The van der Waals surface area contributed by atoms with E-state index in [0.29, 0.717) is 18.9 Å². The molecule has 1 aliphatic heterocycles. The molecule has 27 heavy (non-hydrogen) atoms. The van der Waals surface area contributed by atoms with Crippen molar-refractivity contribution in [3.63, 3.8) is 0 Å². The summed E-state index contributed by atoms with van der Waals surface area (Å²) >= 11 is 0. The van der Waals surface area contributed by atoms with Crippen LogP contribution in [0.15, 0.2) is 12.3 Å². The van der Waals surface area contributed by atoms with Crippen LogP contribution in [0.5, 0.6) is 0 Å². The summed E-state index contributed by atoms with van der Waals surface area (Å²) in [6.07, 6.45) is 7.37. The van der Waals surface area contributed by atoms with E-state index in [1.54, 1.807) is 0 Å². The number of aromatic nitrogens is 4. The molecule has 0 unspecified atom stereocenters. The fraction of sp³-hybridized carbons (Fsp3) is 0.600. The molecule has 1 aliphatic carbocycles. The third-order valence-electron chi connectivity index (χ3n) is 5.26. The van der Waals surface area contributed by atoms with E-state index < -0.39 is 0 Å². The molecule has 7 heteroatoms. The second-order valence-electron chi connectivity index (χ2n) is 7.59. The Morgan fingerprint density at radius 3 is 2.96 bits per heavy atom. The number of nitrogens with zero attached hydrogens (tertiary/aromatic N) is 5. The largest absolute Gasteiger partial charge is 0.353 e. The number of fused-ring (bicyclic) bond motifs is 1. The molecule has 1 amide bonds. The second kappa shape index (κ2) is 7.66. The third kappa shape index (κ3) is 4.28. The van der Waals surface area contributed by atoms with Crippen molar-refractivity contribution in [1.82, 2.24) is 25.1 Å². The monoisotopic (exact) mass is 368 g/mol. The molecule has 1 N–H and O–H groups in total. The quantitative estimate of drug-likeness (QED) is 0.846. The molecule has 0 spiro atoms. The maximum absolute atomic E-state index is 11.9. The highest BCUT2D eigenvalue weighted by Crippen LogP contribution is 2.24. The van der Waals surface area contributed by atoms with Crippen molar-refractivity contribution in [1.29, 1.82) is 0 Å². The van der Waals surface area contributed by atoms with E-state index in [0.717, 1.165) is 62.7 Å². The van der Waals surface area contributed by atoms with Gasteiger partial charge in [-0.3, -0.25) is 9.48 Å². The lowest BCUT2D eigenvalue weighted by molar-refractivity contribution is -0.121. The number of anilines is 1. The highest BCUT2D eigenvalue weighted by atomic mass is 16.1. The van der Waals surface area contributed by atoms with Gasteiger partial charge in [0.15, 0.2) is 0 Å². The van der Waals surface area contributed by atoms with Crippen LogP contribution in [0.2, 0.25) is 0 Å². The zero-order chi connectivity index (χ0) is 18.8. The molecular formula is C20H28N6O. The van der Waals surface area contributed by atoms with Crippen LogP contribution in [-0.4, -0.2) is 38.2 Å². The zero-order valence-corrected chi connectivity index (χ0v) is 16.2. The van der Waals surface area contributed by atoms with E-state index >= 15 is 0 Å². The summed E-state index contributed by atoms with van der Waals surface area (Å²) in [4.78, 5) is 23.3. The van der Waals surface area contributed by atoms with Crippen LogP contribution < -0.4 is 10.2 Å². The number of hydrogen-bond acceptors (Lipinski definition) is 5. The van der Waals surface area contributed by atoms with Crippen LogP contribution in [0.4, 0.5) is 5.82 Å². The summed E-state index contributed by atoms with van der Waals surface area (Å²) in [7, 11) is 0. The SMILES string of the molecule is CCc1cnc(C)nc1N1CCCn2nc(CCC(=O)NC3CC3)cc2C1. The lowest BCUT2D eigenvalue weighted by atomic mass is 10.2. The second-order valence-corrected chi connectivity index (χ2v) is 7.59. The van der Waals surface area contributed by atoms with Crippen LogP contribution >= 0.6 is 0 Å². The van der Waals surface area contributed by atoms with Gasteiger partial charge in [-0.15, -0.1) is 0 Å². The molecule has 0 radical (unpaired) electrons. The van der Waals surface area contributed by atoms with Gasteiger partial charge in [-0.05, 0) is 38.7 Å². The molecule has 2 aromatic rings. The lowest BCUT2D eigenvalue weighted by Crippen LogP contribution is -2.25. The van der Waals surface area contributed by atoms with Gasteiger partial charge in [0, 0.05) is 43.7 Å². The van der Waals surface area contributed by atoms with Gasteiger partial charge in [0.2, 0.25) is 5.91 Å². The minimum Gasteiger partial charge on any atom is -0.353 e. The minimum absolute atomic E-state index is 0.145. The molecule has 0 saturated heterocycles. The third-order valence-corrected chi connectivity index (χ3v) is 5.26. The van der Waals surface area contributed by atoms with E-state index in [1.807, 2.05) is 13.1 Å². The minimum atomic E-state index is 0.145. The van der Waals surface area contributed by atoms with E-state index in [-0.39, 0.29) is 5.91 Å². The normalized spacial score (nSPS) is 16.7. The van der Waals surface area contributed by atoms with Crippen molar-refractivity contribution in [3.8, 4) is 0 Å². The Balaban J connectivity index is 1.46. The molecular weight excluding hydrogens is 340 g/mol. The molecule has 1 fully saturated rings. The fourth-order valence-corrected chi connectivity index (χ4v) is 3.60. The first-order chi connectivity index (χ1) is 13.1. The smallest absolute Gasteiger partial charge is 0.220 e. The number of rotatable bonds is 6. The summed E-state index contributed by atoms with van der Waals surface area (Å²) in [5, 5.41) is 7.79. The van der Waals surface area contributed by atoms with Crippen molar-refractivity contribution in [3.05, 3.63) is 35.0 Å². The van der Waals surface area contributed by atoms with Crippen molar-refractivity contribution < 1.29 is 4.79 Å². The number of hydrogen-bond donors (Lipinski definition) is 1. The van der Waals surface area contributed by atoms with Gasteiger partial charge >= 0.3 is 0 Å². The highest BCUT2D eigenvalue weighted by molar-refractivity contribution is 5.76. The Morgan fingerprint density at radius 2 is 2.19 bits per heavy atom. The first-order valence-corrected chi connectivity index (χ1v) is 10.0. The first kappa shape index (κ1) is 17.9. The predicted molar refractivity (Wildman–Crippen MR) is 104 cm³/mol. The van der Waals surface area contributed by atoms with Crippen molar-refractivity contribution >= 4 is 11.7 Å². The maximum atomic E-state index is 11.9. The Kier molecular flexibility index (Phi) is 5.09. The van der Waals surface area contributed by atoms with Crippen molar-refractivity contribution in [2.24, 2.45) is 0 Å². The van der Waals surface area contributed by atoms with Gasteiger partial charge in [-0.25, -0.2) is 9.97 Å². The van der Waals surface area contributed by atoms with E-state index in [1.165, 1.54) is 11.3 Å². The molecule has 3 heterocycles. The lowest BCUT2D eigenvalue weighted by Gasteiger charge is -2.23. The maximum Gasteiger partial charge on any atom is 0.220 e. The molecule has 0 atom stereocenters. The Labute approximate surface area is 160 Å². The zero-order valence-electron chi connectivity index (χ0n) is 16.2. The van der Waals surface area contributed by atoms with Crippen LogP contribution in [0.25, 0.3) is 0 Å². The molecule has 0 aromatic carbocycles. The van der Waals surface area contributed by atoms with Gasteiger partial charge < -0.3 is 10.2 Å². The highest BCUT2D eigenvalue weighted by Gasteiger charge is 2.24. The molecule has 144 valence electrons. The van der Waals surface area contributed by atoms with Crippen LogP contribution in [0.3, 0.4) is 0 Å².